The third kappa shape index (κ3) is 3.77. The largest absolute Gasteiger partial charge is 0.356 e. The lowest BCUT2D eigenvalue weighted by Gasteiger charge is -2.19. The Labute approximate surface area is 98.1 Å². The van der Waals surface area contributed by atoms with Crippen molar-refractivity contribution in [2.75, 3.05) is 24.5 Å². The number of anilines is 1. The van der Waals surface area contributed by atoms with Gasteiger partial charge in [-0.15, -0.1) is 0 Å². The highest BCUT2D eigenvalue weighted by Gasteiger charge is 2.04. The van der Waals surface area contributed by atoms with Gasteiger partial charge in [0, 0.05) is 25.8 Å². The van der Waals surface area contributed by atoms with Crippen LogP contribution in [0.5, 0.6) is 0 Å². The minimum absolute atomic E-state index is 0.802. The molecule has 1 rings (SSSR count). The first kappa shape index (κ1) is 12.9. The predicted molar refractivity (Wildman–Crippen MR) is 67.6 cm³/mol. The standard InChI is InChI=1S/C12H22N4/c1-4-7-13-8-11-9-14-10-12(15-11)16(5-2)6-3/h9-10,13H,4-8H2,1-3H3. The number of hydrogen-bond acceptors (Lipinski definition) is 4. The zero-order valence-electron chi connectivity index (χ0n) is 10.5. The zero-order chi connectivity index (χ0) is 11.8. The van der Waals surface area contributed by atoms with Gasteiger partial charge in [-0.2, -0.15) is 0 Å². The molecule has 0 spiro atoms. The Morgan fingerprint density at radius 2 is 1.94 bits per heavy atom. The molecule has 0 atom stereocenters. The highest BCUT2D eigenvalue weighted by Crippen LogP contribution is 2.08. The van der Waals surface area contributed by atoms with Gasteiger partial charge in [-0.1, -0.05) is 6.92 Å². The van der Waals surface area contributed by atoms with E-state index in [0.717, 1.165) is 44.1 Å². The first-order valence-electron chi connectivity index (χ1n) is 6.08. The quantitative estimate of drug-likeness (QED) is 0.715. The Hall–Kier alpha value is -1.16. The SMILES string of the molecule is CCCNCc1cncc(N(CC)CC)n1. The fraction of sp³-hybridized carbons (Fsp3) is 0.667. The number of nitrogens with one attached hydrogen (secondary N) is 1. The van der Waals surface area contributed by atoms with E-state index in [1.807, 2.05) is 12.4 Å². The summed E-state index contributed by atoms with van der Waals surface area (Å²) in [5.74, 6) is 0.973. The summed E-state index contributed by atoms with van der Waals surface area (Å²) in [6, 6.07) is 0. The lowest BCUT2D eigenvalue weighted by atomic mass is 10.4. The van der Waals surface area contributed by atoms with Gasteiger partial charge < -0.3 is 10.2 Å². The molecule has 0 fully saturated rings. The molecule has 0 amide bonds. The fourth-order valence-electron chi connectivity index (χ4n) is 1.57. The Bertz CT molecular complexity index is 297. The van der Waals surface area contributed by atoms with Crippen LogP contribution in [0.1, 0.15) is 32.9 Å². The van der Waals surface area contributed by atoms with Crippen LogP contribution in [-0.2, 0) is 6.54 Å². The molecule has 16 heavy (non-hydrogen) atoms. The van der Waals surface area contributed by atoms with Crippen LogP contribution in [0, 0.1) is 0 Å². The van der Waals surface area contributed by atoms with Crippen molar-refractivity contribution in [1.29, 1.82) is 0 Å². The molecule has 4 heteroatoms. The van der Waals surface area contributed by atoms with Gasteiger partial charge in [0.1, 0.15) is 5.82 Å². The highest BCUT2D eigenvalue weighted by molar-refractivity contribution is 5.35. The molecule has 1 N–H and O–H groups in total. The summed E-state index contributed by atoms with van der Waals surface area (Å²) in [5, 5.41) is 3.33. The van der Waals surface area contributed by atoms with Crippen molar-refractivity contribution in [3.8, 4) is 0 Å². The monoisotopic (exact) mass is 222 g/mol. The average Bonchev–Trinajstić information content (AvgIpc) is 2.32. The van der Waals surface area contributed by atoms with E-state index in [9.17, 15) is 0 Å². The average molecular weight is 222 g/mol. The van der Waals surface area contributed by atoms with E-state index in [-0.39, 0.29) is 0 Å². The lowest BCUT2D eigenvalue weighted by Crippen LogP contribution is -2.24. The second-order valence-corrected chi connectivity index (χ2v) is 3.72. The molecular weight excluding hydrogens is 200 g/mol. The molecule has 4 nitrogen and oxygen atoms in total. The van der Waals surface area contributed by atoms with Crippen molar-refractivity contribution in [2.24, 2.45) is 0 Å². The molecule has 0 saturated carbocycles. The van der Waals surface area contributed by atoms with Gasteiger partial charge >= 0.3 is 0 Å². The number of hydrogen-bond donors (Lipinski definition) is 1. The summed E-state index contributed by atoms with van der Waals surface area (Å²) < 4.78 is 0. The maximum atomic E-state index is 4.59. The topological polar surface area (TPSA) is 41.1 Å². The summed E-state index contributed by atoms with van der Waals surface area (Å²) in [6.45, 7) is 10.2. The molecule has 0 aliphatic heterocycles. The smallest absolute Gasteiger partial charge is 0.147 e. The maximum Gasteiger partial charge on any atom is 0.147 e. The van der Waals surface area contributed by atoms with Crippen LogP contribution in [-0.4, -0.2) is 29.6 Å². The van der Waals surface area contributed by atoms with Crippen LogP contribution >= 0.6 is 0 Å². The fourth-order valence-corrected chi connectivity index (χ4v) is 1.57. The predicted octanol–water partition coefficient (Wildman–Crippen LogP) is 1.82. The van der Waals surface area contributed by atoms with Gasteiger partial charge in [0.2, 0.25) is 0 Å². The molecule has 0 aromatic carbocycles. The van der Waals surface area contributed by atoms with E-state index in [2.05, 4.69) is 41.0 Å². The highest BCUT2D eigenvalue weighted by atomic mass is 15.2. The second-order valence-electron chi connectivity index (χ2n) is 3.72. The van der Waals surface area contributed by atoms with E-state index in [0.29, 0.717) is 0 Å². The Morgan fingerprint density at radius 3 is 2.56 bits per heavy atom. The van der Waals surface area contributed by atoms with Crippen molar-refractivity contribution in [3.05, 3.63) is 18.1 Å². The first-order valence-corrected chi connectivity index (χ1v) is 6.08. The molecule has 1 aromatic heterocycles. The summed E-state index contributed by atoms with van der Waals surface area (Å²) >= 11 is 0. The minimum Gasteiger partial charge on any atom is -0.356 e. The molecular formula is C12H22N4. The van der Waals surface area contributed by atoms with Gasteiger partial charge in [0.15, 0.2) is 0 Å². The van der Waals surface area contributed by atoms with Crippen LogP contribution in [0.15, 0.2) is 12.4 Å². The van der Waals surface area contributed by atoms with E-state index in [1.54, 1.807) is 0 Å². The Balaban J connectivity index is 2.62. The number of rotatable bonds is 7. The second kappa shape index (κ2) is 7.17. The molecule has 1 aromatic rings. The van der Waals surface area contributed by atoms with Crippen molar-refractivity contribution in [2.45, 2.75) is 33.7 Å². The van der Waals surface area contributed by atoms with E-state index >= 15 is 0 Å². The summed E-state index contributed by atoms with van der Waals surface area (Å²) in [5.41, 5.74) is 1.01. The maximum absolute atomic E-state index is 4.59. The zero-order valence-corrected chi connectivity index (χ0v) is 10.5. The molecule has 0 aliphatic carbocycles. The number of aromatic nitrogens is 2. The molecule has 0 saturated heterocycles. The molecule has 0 aliphatic rings. The van der Waals surface area contributed by atoms with Crippen LogP contribution in [0.4, 0.5) is 5.82 Å². The van der Waals surface area contributed by atoms with Crippen molar-refractivity contribution in [3.63, 3.8) is 0 Å². The van der Waals surface area contributed by atoms with Gasteiger partial charge in [-0.05, 0) is 26.8 Å². The first-order chi connectivity index (χ1) is 7.81. The minimum atomic E-state index is 0.802. The van der Waals surface area contributed by atoms with E-state index in [1.165, 1.54) is 0 Å². The van der Waals surface area contributed by atoms with Crippen LogP contribution in [0.2, 0.25) is 0 Å². The van der Waals surface area contributed by atoms with Crippen molar-refractivity contribution < 1.29 is 0 Å². The van der Waals surface area contributed by atoms with Crippen LogP contribution in [0.25, 0.3) is 0 Å². The van der Waals surface area contributed by atoms with E-state index in [4.69, 9.17) is 0 Å². The van der Waals surface area contributed by atoms with Gasteiger partial charge in [0.05, 0.1) is 11.9 Å². The lowest BCUT2D eigenvalue weighted by molar-refractivity contribution is 0.660. The molecule has 0 bridgehead atoms. The van der Waals surface area contributed by atoms with Crippen molar-refractivity contribution >= 4 is 5.82 Å². The Kier molecular flexibility index (Phi) is 5.78. The van der Waals surface area contributed by atoms with Gasteiger partial charge in [-0.25, -0.2) is 4.98 Å². The van der Waals surface area contributed by atoms with Crippen molar-refractivity contribution in [1.82, 2.24) is 15.3 Å². The summed E-state index contributed by atoms with van der Waals surface area (Å²) in [6.07, 6.45) is 4.80. The molecule has 0 unspecified atom stereocenters. The van der Waals surface area contributed by atoms with Crippen LogP contribution < -0.4 is 10.2 Å². The van der Waals surface area contributed by atoms with Gasteiger partial charge in [-0.3, -0.25) is 4.98 Å². The number of nitrogens with zero attached hydrogens (tertiary/aromatic N) is 3. The molecule has 0 radical (unpaired) electrons. The van der Waals surface area contributed by atoms with Gasteiger partial charge in [0.25, 0.3) is 0 Å². The van der Waals surface area contributed by atoms with Crippen LogP contribution in [0.3, 0.4) is 0 Å². The Morgan fingerprint density at radius 1 is 1.19 bits per heavy atom. The molecule has 90 valence electrons. The summed E-state index contributed by atoms with van der Waals surface area (Å²) in [4.78, 5) is 11.0. The third-order valence-corrected chi connectivity index (χ3v) is 2.49. The van der Waals surface area contributed by atoms with E-state index < -0.39 is 0 Å². The normalized spacial score (nSPS) is 10.4. The molecule has 1 heterocycles. The third-order valence-electron chi connectivity index (χ3n) is 2.49. The summed E-state index contributed by atoms with van der Waals surface area (Å²) in [7, 11) is 0.